The van der Waals surface area contributed by atoms with E-state index in [1.165, 1.54) is 0 Å². The monoisotopic (exact) mass is 232 g/mol. The highest BCUT2D eigenvalue weighted by Gasteiger charge is 2.35. The van der Waals surface area contributed by atoms with Crippen molar-refractivity contribution in [1.82, 2.24) is 10.3 Å². The van der Waals surface area contributed by atoms with Crippen molar-refractivity contribution in [3.63, 3.8) is 0 Å². The average molecular weight is 232 g/mol. The number of hydrogen-bond donors (Lipinski definition) is 2. The van der Waals surface area contributed by atoms with Crippen LogP contribution in [0.25, 0.3) is 0 Å². The van der Waals surface area contributed by atoms with Crippen LogP contribution < -0.4 is 11.2 Å². The third-order valence-corrected chi connectivity index (χ3v) is 2.45. The van der Waals surface area contributed by atoms with Crippen LogP contribution in [0.5, 0.6) is 0 Å². The van der Waals surface area contributed by atoms with Crippen LogP contribution in [0.2, 0.25) is 0 Å². The Balaban J connectivity index is 2.28. The van der Waals surface area contributed by atoms with Gasteiger partial charge in [-0.05, 0) is 12.1 Å². The number of hydrogen-bond acceptors (Lipinski definition) is 4. The van der Waals surface area contributed by atoms with Gasteiger partial charge in [0, 0.05) is 7.05 Å². The number of imide groups is 1. The number of hydrazone groups is 1. The van der Waals surface area contributed by atoms with Gasteiger partial charge in [-0.15, -0.1) is 0 Å². The van der Waals surface area contributed by atoms with E-state index in [0.717, 1.165) is 4.90 Å². The van der Waals surface area contributed by atoms with E-state index >= 15 is 0 Å². The lowest BCUT2D eigenvalue weighted by Gasteiger charge is -2.12. The van der Waals surface area contributed by atoms with Crippen LogP contribution in [0.3, 0.4) is 0 Å². The summed E-state index contributed by atoms with van der Waals surface area (Å²) >= 11 is 0. The molecule has 6 nitrogen and oxygen atoms in total. The third kappa shape index (κ3) is 1.84. The van der Waals surface area contributed by atoms with E-state index < -0.39 is 0 Å². The van der Waals surface area contributed by atoms with Crippen LogP contribution in [0, 0.1) is 0 Å². The van der Waals surface area contributed by atoms with Crippen LogP contribution in [0.1, 0.15) is 20.7 Å². The number of nitrogens with two attached hydrogens (primary N) is 1. The summed E-state index contributed by atoms with van der Waals surface area (Å²) in [5, 5.41) is 3.72. The van der Waals surface area contributed by atoms with E-state index in [4.69, 9.17) is 5.73 Å². The number of benzene rings is 1. The topological polar surface area (TPSA) is 87.8 Å². The number of nitrogens with zero attached hydrogens (tertiary/aromatic N) is 2. The SMILES string of the molecule is CN/N=C(\N)CN1C(=O)c2ccccc2C1=O. The van der Waals surface area contributed by atoms with Crippen molar-refractivity contribution in [1.29, 1.82) is 0 Å². The molecule has 1 heterocycles. The minimum absolute atomic E-state index is 0.00676. The third-order valence-electron chi connectivity index (χ3n) is 2.45. The maximum Gasteiger partial charge on any atom is 0.261 e. The van der Waals surface area contributed by atoms with Gasteiger partial charge in [-0.1, -0.05) is 12.1 Å². The molecule has 0 radical (unpaired) electrons. The number of amidine groups is 1. The highest BCUT2D eigenvalue weighted by molar-refractivity contribution is 6.22. The van der Waals surface area contributed by atoms with Crippen molar-refractivity contribution < 1.29 is 9.59 Å². The number of rotatable bonds is 3. The molecule has 0 fully saturated rings. The largest absolute Gasteiger partial charge is 0.384 e. The molecule has 1 aliphatic heterocycles. The first-order valence-electron chi connectivity index (χ1n) is 5.09. The molecule has 0 atom stereocenters. The van der Waals surface area contributed by atoms with E-state index in [1.807, 2.05) is 0 Å². The molecule has 17 heavy (non-hydrogen) atoms. The highest BCUT2D eigenvalue weighted by atomic mass is 16.2. The molecule has 2 rings (SSSR count). The standard InChI is InChI=1S/C11H12N4O2/c1-13-14-9(12)6-15-10(16)7-4-2-3-5-8(7)11(15)17/h2-5,13H,6H2,1H3,(H2,12,14). The van der Waals surface area contributed by atoms with E-state index in [-0.39, 0.29) is 24.2 Å². The van der Waals surface area contributed by atoms with Crippen molar-refractivity contribution in [2.45, 2.75) is 0 Å². The first kappa shape index (κ1) is 11.1. The van der Waals surface area contributed by atoms with Crippen LogP contribution in [-0.4, -0.2) is 36.1 Å². The van der Waals surface area contributed by atoms with Gasteiger partial charge < -0.3 is 11.2 Å². The van der Waals surface area contributed by atoms with Crippen molar-refractivity contribution >= 4 is 17.6 Å². The maximum absolute atomic E-state index is 11.9. The molecule has 88 valence electrons. The summed E-state index contributed by atoms with van der Waals surface area (Å²) in [4.78, 5) is 24.9. The van der Waals surface area contributed by atoms with Crippen molar-refractivity contribution in [2.75, 3.05) is 13.6 Å². The fourth-order valence-electron chi connectivity index (χ4n) is 1.72. The van der Waals surface area contributed by atoms with E-state index in [0.29, 0.717) is 11.1 Å². The Morgan fingerprint density at radius 1 is 1.29 bits per heavy atom. The maximum atomic E-state index is 11.9. The second kappa shape index (κ2) is 4.25. The number of carbonyl (C=O) groups excluding carboxylic acids is 2. The average Bonchev–Trinajstić information content (AvgIpc) is 2.56. The van der Waals surface area contributed by atoms with E-state index in [9.17, 15) is 9.59 Å². The molecular weight excluding hydrogens is 220 g/mol. The zero-order chi connectivity index (χ0) is 12.4. The van der Waals surface area contributed by atoms with Gasteiger partial charge in [0.1, 0.15) is 5.84 Å². The minimum atomic E-state index is -0.333. The molecule has 0 aromatic heterocycles. The number of carbonyl (C=O) groups is 2. The molecule has 0 saturated heterocycles. The molecule has 2 amide bonds. The molecule has 0 aliphatic carbocycles. The van der Waals surface area contributed by atoms with Gasteiger partial charge in [-0.3, -0.25) is 14.5 Å². The first-order valence-corrected chi connectivity index (χ1v) is 5.09. The Bertz CT molecular complexity index is 475. The molecule has 0 bridgehead atoms. The molecule has 1 aromatic carbocycles. The number of nitrogens with one attached hydrogen (secondary N) is 1. The normalized spacial score (nSPS) is 15.1. The lowest BCUT2D eigenvalue weighted by molar-refractivity contribution is 0.0677. The molecular formula is C11H12N4O2. The number of amides is 2. The van der Waals surface area contributed by atoms with E-state index in [2.05, 4.69) is 10.5 Å². The Morgan fingerprint density at radius 2 is 1.82 bits per heavy atom. The van der Waals surface area contributed by atoms with Crippen molar-refractivity contribution in [3.8, 4) is 0 Å². The summed E-state index contributed by atoms with van der Waals surface area (Å²) in [6, 6.07) is 6.69. The minimum Gasteiger partial charge on any atom is -0.384 e. The van der Waals surface area contributed by atoms with Crippen molar-refractivity contribution in [3.05, 3.63) is 35.4 Å². The Kier molecular flexibility index (Phi) is 2.78. The second-order valence-electron chi connectivity index (χ2n) is 3.57. The summed E-state index contributed by atoms with van der Waals surface area (Å²) in [5.74, 6) is -0.485. The smallest absolute Gasteiger partial charge is 0.261 e. The number of fused-ring (bicyclic) bond motifs is 1. The quantitative estimate of drug-likeness (QED) is 0.326. The lowest BCUT2D eigenvalue weighted by atomic mass is 10.1. The van der Waals surface area contributed by atoms with Crippen LogP contribution in [-0.2, 0) is 0 Å². The van der Waals surface area contributed by atoms with Gasteiger partial charge in [0.15, 0.2) is 0 Å². The summed E-state index contributed by atoms with van der Waals surface area (Å²) in [5.41, 5.74) is 8.89. The molecule has 0 saturated carbocycles. The molecule has 0 unspecified atom stereocenters. The fraction of sp³-hybridized carbons (Fsp3) is 0.182. The lowest BCUT2D eigenvalue weighted by Crippen LogP contribution is -2.38. The summed E-state index contributed by atoms with van der Waals surface area (Å²) in [7, 11) is 1.59. The van der Waals surface area contributed by atoms with Crippen molar-refractivity contribution in [2.24, 2.45) is 10.8 Å². The van der Waals surface area contributed by atoms with Gasteiger partial charge in [0.25, 0.3) is 11.8 Å². The molecule has 1 aromatic rings. The molecule has 6 heteroatoms. The zero-order valence-corrected chi connectivity index (χ0v) is 9.30. The Morgan fingerprint density at radius 3 is 2.29 bits per heavy atom. The molecule has 3 N–H and O–H groups in total. The van der Waals surface area contributed by atoms with Gasteiger partial charge in [-0.25, -0.2) is 0 Å². The second-order valence-corrected chi connectivity index (χ2v) is 3.57. The Hall–Kier alpha value is -2.37. The van der Waals surface area contributed by atoms with Gasteiger partial charge in [0.2, 0.25) is 0 Å². The molecule has 1 aliphatic rings. The van der Waals surface area contributed by atoms with Gasteiger partial charge in [0.05, 0.1) is 17.7 Å². The highest BCUT2D eigenvalue weighted by Crippen LogP contribution is 2.21. The zero-order valence-electron chi connectivity index (χ0n) is 9.30. The van der Waals surface area contributed by atoms with Crippen LogP contribution in [0.4, 0.5) is 0 Å². The Labute approximate surface area is 98.1 Å². The van der Waals surface area contributed by atoms with E-state index in [1.54, 1.807) is 31.3 Å². The predicted octanol–water partition coefficient (Wildman–Crippen LogP) is -0.226. The van der Waals surface area contributed by atoms with Crippen LogP contribution in [0.15, 0.2) is 29.4 Å². The van der Waals surface area contributed by atoms with Crippen LogP contribution >= 0.6 is 0 Å². The van der Waals surface area contributed by atoms with Gasteiger partial charge >= 0.3 is 0 Å². The van der Waals surface area contributed by atoms with Gasteiger partial charge in [-0.2, -0.15) is 5.10 Å². The predicted molar refractivity (Wildman–Crippen MR) is 62.5 cm³/mol. The summed E-state index contributed by atoms with van der Waals surface area (Å²) in [6.45, 7) is -0.00676. The summed E-state index contributed by atoms with van der Waals surface area (Å²) in [6.07, 6.45) is 0. The molecule has 0 spiro atoms. The summed E-state index contributed by atoms with van der Waals surface area (Å²) < 4.78 is 0. The fourth-order valence-corrected chi connectivity index (χ4v) is 1.72. The first-order chi connectivity index (χ1) is 8.15.